The summed E-state index contributed by atoms with van der Waals surface area (Å²) in [7, 11) is 0. The lowest BCUT2D eigenvalue weighted by molar-refractivity contribution is 0.682. The zero-order valence-electron chi connectivity index (χ0n) is 11.0. The van der Waals surface area contributed by atoms with E-state index in [-0.39, 0.29) is 0 Å². The van der Waals surface area contributed by atoms with Gasteiger partial charge >= 0.3 is 0 Å². The van der Waals surface area contributed by atoms with Gasteiger partial charge in [-0.25, -0.2) is 15.0 Å². The zero-order valence-corrected chi connectivity index (χ0v) is 12.7. The summed E-state index contributed by atoms with van der Waals surface area (Å²) in [6.07, 6.45) is 3.47. The van der Waals surface area contributed by atoms with E-state index in [2.05, 4.69) is 43.3 Å². The lowest BCUT2D eigenvalue weighted by Crippen LogP contribution is -2.13. The smallest absolute Gasteiger partial charge is 0.188 e. The van der Waals surface area contributed by atoms with Gasteiger partial charge in [-0.15, -0.1) is 11.3 Å². The molecule has 0 aliphatic heterocycles. The second kappa shape index (κ2) is 6.21. The third-order valence-corrected chi connectivity index (χ3v) is 4.69. The van der Waals surface area contributed by atoms with Gasteiger partial charge in [0.1, 0.15) is 0 Å². The molecule has 0 bridgehead atoms. The number of aromatic nitrogens is 3. The van der Waals surface area contributed by atoms with Crippen molar-refractivity contribution in [1.82, 2.24) is 20.3 Å². The van der Waals surface area contributed by atoms with Crippen molar-refractivity contribution in [3.63, 3.8) is 0 Å². The highest BCUT2D eigenvalue weighted by atomic mass is 32.1. The first-order chi connectivity index (χ1) is 9.83. The largest absolute Gasteiger partial charge is 0.307 e. The van der Waals surface area contributed by atoms with E-state index in [1.165, 1.54) is 11.1 Å². The molecule has 102 valence electrons. The highest BCUT2D eigenvalue weighted by Gasteiger charge is 2.06. The van der Waals surface area contributed by atoms with Crippen LogP contribution >= 0.6 is 22.7 Å². The fourth-order valence-electron chi connectivity index (χ4n) is 1.79. The van der Waals surface area contributed by atoms with Crippen molar-refractivity contribution in [2.24, 2.45) is 0 Å². The molecule has 0 saturated heterocycles. The Bertz CT molecular complexity index is 675. The lowest BCUT2D eigenvalue weighted by Gasteiger charge is -2.01. The van der Waals surface area contributed by atoms with E-state index in [4.69, 9.17) is 0 Å². The van der Waals surface area contributed by atoms with Gasteiger partial charge in [-0.1, -0.05) is 0 Å². The van der Waals surface area contributed by atoms with Crippen molar-refractivity contribution < 1.29 is 0 Å². The van der Waals surface area contributed by atoms with Crippen LogP contribution in [-0.4, -0.2) is 15.0 Å². The Kier molecular flexibility index (Phi) is 4.15. The molecular formula is C14H14N4S2. The number of nitrogens with one attached hydrogen (secondary N) is 1. The first-order valence-corrected chi connectivity index (χ1v) is 8.09. The van der Waals surface area contributed by atoms with Crippen LogP contribution in [-0.2, 0) is 13.1 Å². The maximum absolute atomic E-state index is 4.56. The van der Waals surface area contributed by atoms with Crippen molar-refractivity contribution in [3.8, 4) is 10.8 Å². The molecular weight excluding hydrogens is 288 g/mol. The molecule has 0 spiro atoms. The Morgan fingerprint density at radius 1 is 1.10 bits per heavy atom. The van der Waals surface area contributed by atoms with Crippen LogP contribution in [0.1, 0.15) is 16.8 Å². The minimum Gasteiger partial charge on any atom is -0.307 e. The Morgan fingerprint density at radius 3 is 2.70 bits per heavy atom. The summed E-state index contributed by atoms with van der Waals surface area (Å²) in [5.74, 6) is 0.692. The summed E-state index contributed by atoms with van der Waals surface area (Å²) in [6, 6.07) is 1.81. The lowest BCUT2D eigenvalue weighted by atomic mass is 10.2. The van der Waals surface area contributed by atoms with Gasteiger partial charge in [0, 0.05) is 30.9 Å². The highest BCUT2D eigenvalue weighted by Crippen LogP contribution is 2.19. The third kappa shape index (κ3) is 3.09. The fourth-order valence-corrected chi connectivity index (χ4v) is 3.42. The molecule has 3 aromatic rings. The molecule has 0 unspecified atom stereocenters. The first kappa shape index (κ1) is 13.4. The molecule has 3 aromatic heterocycles. The van der Waals surface area contributed by atoms with Crippen LogP contribution in [0.25, 0.3) is 10.8 Å². The number of hydrogen-bond donors (Lipinski definition) is 1. The molecule has 6 heteroatoms. The van der Waals surface area contributed by atoms with E-state index in [9.17, 15) is 0 Å². The van der Waals surface area contributed by atoms with E-state index in [0.717, 1.165) is 23.8 Å². The Labute approximate surface area is 125 Å². The van der Waals surface area contributed by atoms with Gasteiger partial charge in [0.15, 0.2) is 10.8 Å². The molecule has 4 nitrogen and oxygen atoms in total. The quantitative estimate of drug-likeness (QED) is 0.786. The van der Waals surface area contributed by atoms with E-state index >= 15 is 0 Å². The molecule has 0 fully saturated rings. The van der Waals surface area contributed by atoms with Crippen LogP contribution in [0.5, 0.6) is 0 Å². The molecule has 3 heterocycles. The Hall–Kier alpha value is -1.63. The number of thiophene rings is 1. The molecule has 0 saturated carbocycles. The predicted molar refractivity (Wildman–Crippen MR) is 82.7 cm³/mol. The van der Waals surface area contributed by atoms with Gasteiger partial charge in [-0.2, -0.15) is 11.3 Å². The molecule has 3 rings (SSSR count). The number of nitrogens with zero attached hydrogens (tertiary/aromatic N) is 3. The average molecular weight is 302 g/mol. The average Bonchev–Trinajstić information content (AvgIpc) is 3.10. The summed E-state index contributed by atoms with van der Waals surface area (Å²) < 4.78 is 0. The number of thiazole rings is 1. The summed E-state index contributed by atoms with van der Waals surface area (Å²) in [5, 5.41) is 10.7. The number of hydrogen-bond acceptors (Lipinski definition) is 6. The van der Waals surface area contributed by atoms with E-state index in [0.29, 0.717) is 5.82 Å². The van der Waals surface area contributed by atoms with E-state index in [1.807, 2.05) is 6.07 Å². The summed E-state index contributed by atoms with van der Waals surface area (Å²) >= 11 is 3.32. The van der Waals surface area contributed by atoms with Gasteiger partial charge in [0.2, 0.25) is 0 Å². The van der Waals surface area contributed by atoms with Crippen molar-refractivity contribution in [3.05, 3.63) is 51.4 Å². The fraction of sp³-hybridized carbons (Fsp3) is 0.214. The van der Waals surface area contributed by atoms with Crippen LogP contribution < -0.4 is 5.32 Å². The molecule has 0 amide bonds. The van der Waals surface area contributed by atoms with Crippen LogP contribution in [0.3, 0.4) is 0 Å². The van der Waals surface area contributed by atoms with Crippen molar-refractivity contribution in [2.45, 2.75) is 20.0 Å². The predicted octanol–water partition coefficient (Wildman–Crippen LogP) is 3.26. The van der Waals surface area contributed by atoms with E-state index in [1.54, 1.807) is 35.1 Å². The normalized spacial score (nSPS) is 10.8. The van der Waals surface area contributed by atoms with Gasteiger partial charge in [-0.05, 0) is 34.9 Å². The van der Waals surface area contributed by atoms with Gasteiger partial charge in [0.05, 0.1) is 5.69 Å². The topological polar surface area (TPSA) is 50.7 Å². The minimum atomic E-state index is 0.692. The van der Waals surface area contributed by atoms with Crippen LogP contribution in [0.15, 0.2) is 34.6 Å². The van der Waals surface area contributed by atoms with Crippen molar-refractivity contribution in [2.75, 3.05) is 0 Å². The minimum absolute atomic E-state index is 0.692. The van der Waals surface area contributed by atoms with Gasteiger partial charge in [-0.3, -0.25) is 0 Å². The molecule has 0 radical (unpaired) electrons. The van der Waals surface area contributed by atoms with Crippen molar-refractivity contribution in [1.29, 1.82) is 0 Å². The van der Waals surface area contributed by atoms with E-state index < -0.39 is 0 Å². The molecule has 0 aliphatic rings. The summed E-state index contributed by atoms with van der Waals surface area (Å²) in [4.78, 5) is 13.0. The molecule has 0 atom stereocenters. The monoisotopic (exact) mass is 302 g/mol. The van der Waals surface area contributed by atoms with Crippen molar-refractivity contribution >= 4 is 22.7 Å². The van der Waals surface area contributed by atoms with Gasteiger partial charge in [0.25, 0.3) is 0 Å². The van der Waals surface area contributed by atoms with Gasteiger partial charge < -0.3 is 5.32 Å². The summed E-state index contributed by atoms with van der Waals surface area (Å²) in [5.41, 5.74) is 3.74. The number of aryl methyl sites for hydroxylation is 1. The molecule has 1 N–H and O–H groups in total. The highest BCUT2D eigenvalue weighted by molar-refractivity contribution is 7.13. The Morgan fingerprint density at radius 2 is 1.95 bits per heavy atom. The molecule has 0 aromatic carbocycles. The maximum Gasteiger partial charge on any atom is 0.188 e. The first-order valence-electron chi connectivity index (χ1n) is 6.27. The van der Waals surface area contributed by atoms with Crippen LogP contribution in [0.4, 0.5) is 0 Å². The second-order valence-electron chi connectivity index (χ2n) is 4.40. The third-order valence-electron chi connectivity index (χ3n) is 2.89. The second-order valence-corrected chi connectivity index (χ2v) is 6.00. The van der Waals surface area contributed by atoms with Crippen LogP contribution in [0.2, 0.25) is 0 Å². The number of rotatable bonds is 5. The summed E-state index contributed by atoms with van der Waals surface area (Å²) in [6.45, 7) is 3.78. The maximum atomic E-state index is 4.56. The molecule has 20 heavy (non-hydrogen) atoms. The SMILES string of the molecule is Cc1cscc1CNCc1csc(-c2ncccn2)n1. The molecule has 0 aliphatic carbocycles. The standard InChI is InChI=1S/C14H14N4S2/c1-10-7-19-8-11(10)5-15-6-12-9-20-14(18-12)13-16-3-2-4-17-13/h2-4,7-9,15H,5-6H2,1H3. The van der Waals surface area contributed by atoms with Crippen LogP contribution in [0, 0.1) is 6.92 Å². The Balaban J connectivity index is 1.59. The zero-order chi connectivity index (χ0) is 13.8.